The lowest BCUT2D eigenvalue weighted by Gasteiger charge is -2.03. The molecule has 0 saturated heterocycles. The van der Waals surface area contributed by atoms with Crippen molar-refractivity contribution in [1.82, 2.24) is 14.6 Å². The maximum atomic E-state index is 8.91. The molecule has 0 saturated carbocycles. The van der Waals surface area contributed by atoms with Crippen LogP contribution in [0.25, 0.3) is 16.8 Å². The van der Waals surface area contributed by atoms with Crippen molar-refractivity contribution in [3.63, 3.8) is 0 Å². The van der Waals surface area contributed by atoms with Gasteiger partial charge >= 0.3 is 0 Å². The number of nitrogens with zero attached hydrogens (tertiary/aromatic N) is 4. The summed E-state index contributed by atoms with van der Waals surface area (Å²) in [7, 11) is 0. The van der Waals surface area contributed by atoms with Crippen LogP contribution in [0.2, 0.25) is 0 Å². The predicted molar refractivity (Wildman–Crippen MR) is 79.9 cm³/mol. The van der Waals surface area contributed by atoms with E-state index in [4.69, 9.17) is 10.2 Å². The number of aryl methyl sites for hydroxylation is 3. The van der Waals surface area contributed by atoms with E-state index in [0.29, 0.717) is 5.56 Å². The number of benzene rings is 1. The zero-order chi connectivity index (χ0) is 14.4. The van der Waals surface area contributed by atoms with Gasteiger partial charge in [0.05, 0.1) is 17.3 Å². The van der Waals surface area contributed by atoms with Crippen molar-refractivity contribution in [2.24, 2.45) is 0 Å². The summed E-state index contributed by atoms with van der Waals surface area (Å²) >= 11 is 0. The summed E-state index contributed by atoms with van der Waals surface area (Å²) in [6, 6.07) is 9.77. The highest BCUT2D eigenvalue weighted by molar-refractivity contribution is 5.80. The van der Waals surface area contributed by atoms with Crippen molar-refractivity contribution in [2.75, 3.05) is 0 Å². The zero-order valence-corrected chi connectivity index (χ0v) is 11.8. The fourth-order valence-electron chi connectivity index (χ4n) is 3.08. The molecule has 21 heavy (non-hydrogen) atoms. The molecule has 0 atom stereocenters. The Morgan fingerprint density at radius 3 is 2.76 bits per heavy atom. The summed E-state index contributed by atoms with van der Waals surface area (Å²) in [5.74, 6) is 0. The molecule has 0 N–H and O–H groups in total. The lowest BCUT2D eigenvalue weighted by Crippen LogP contribution is -1.96. The molecule has 0 unspecified atom stereocenters. The highest BCUT2D eigenvalue weighted by Crippen LogP contribution is 2.29. The first kappa shape index (κ1) is 12.1. The maximum absolute atomic E-state index is 8.91. The molecule has 4 heteroatoms. The molecule has 0 spiro atoms. The van der Waals surface area contributed by atoms with Crippen LogP contribution in [0.15, 0.2) is 30.5 Å². The minimum Gasteiger partial charge on any atom is -0.233 e. The first-order valence-corrected chi connectivity index (χ1v) is 7.14. The van der Waals surface area contributed by atoms with Crippen LogP contribution in [0.5, 0.6) is 0 Å². The third kappa shape index (κ3) is 1.82. The van der Waals surface area contributed by atoms with Crippen LogP contribution in [-0.2, 0) is 12.8 Å². The number of nitriles is 1. The molecule has 3 aromatic rings. The van der Waals surface area contributed by atoms with Gasteiger partial charge in [0.15, 0.2) is 5.65 Å². The summed E-state index contributed by atoms with van der Waals surface area (Å²) < 4.78 is 1.90. The molecule has 1 aliphatic carbocycles. The van der Waals surface area contributed by atoms with Crippen molar-refractivity contribution in [1.29, 1.82) is 5.26 Å². The van der Waals surface area contributed by atoms with Crippen molar-refractivity contribution in [3.8, 4) is 17.2 Å². The smallest absolute Gasteiger partial charge is 0.163 e. The summed E-state index contributed by atoms with van der Waals surface area (Å²) in [5, 5.41) is 13.5. The Morgan fingerprint density at radius 2 is 2.00 bits per heavy atom. The molecular weight excluding hydrogens is 260 g/mol. The van der Waals surface area contributed by atoms with Crippen LogP contribution >= 0.6 is 0 Å². The quantitative estimate of drug-likeness (QED) is 0.685. The number of aromatic nitrogens is 3. The van der Waals surface area contributed by atoms with Crippen molar-refractivity contribution in [3.05, 3.63) is 53.0 Å². The van der Waals surface area contributed by atoms with Gasteiger partial charge in [-0.05, 0) is 49.4 Å². The minimum absolute atomic E-state index is 0.668. The molecule has 102 valence electrons. The van der Waals surface area contributed by atoms with Crippen LogP contribution in [-0.4, -0.2) is 14.6 Å². The van der Waals surface area contributed by atoms with Gasteiger partial charge in [0.1, 0.15) is 0 Å². The van der Waals surface area contributed by atoms with Gasteiger partial charge < -0.3 is 0 Å². The second-order valence-corrected chi connectivity index (χ2v) is 5.48. The van der Waals surface area contributed by atoms with Gasteiger partial charge in [0.2, 0.25) is 0 Å². The molecule has 2 aromatic heterocycles. The zero-order valence-electron chi connectivity index (χ0n) is 11.8. The Kier molecular flexibility index (Phi) is 2.55. The maximum Gasteiger partial charge on any atom is 0.163 e. The Bertz CT molecular complexity index is 882. The molecule has 0 radical (unpaired) electrons. The van der Waals surface area contributed by atoms with E-state index in [-0.39, 0.29) is 0 Å². The second kappa shape index (κ2) is 4.42. The molecule has 4 nitrogen and oxygen atoms in total. The van der Waals surface area contributed by atoms with E-state index in [2.05, 4.69) is 17.4 Å². The van der Waals surface area contributed by atoms with E-state index in [0.717, 1.165) is 35.3 Å². The molecule has 0 bridgehead atoms. The molecule has 1 aromatic carbocycles. The van der Waals surface area contributed by atoms with E-state index in [9.17, 15) is 0 Å². The van der Waals surface area contributed by atoms with Crippen LogP contribution in [0.3, 0.4) is 0 Å². The fourth-order valence-corrected chi connectivity index (χ4v) is 3.08. The second-order valence-electron chi connectivity index (χ2n) is 5.48. The predicted octanol–water partition coefficient (Wildman–Crippen LogP) is 3.07. The normalized spacial score (nSPS) is 13.3. The highest BCUT2D eigenvalue weighted by atomic mass is 15.3. The lowest BCUT2D eigenvalue weighted by atomic mass is 10.0. The molecule has 1 aliphatic rings. The first-order chi connectivity index (χ1) is 10.3. The number of fused-ring (bicyclic) bond motifs is 2. The number of rotatable bonds is 1. The van der Waals surface area contributed by atoms with Gasteiger partial charge in [-0.2, -0.15) is 10.4 Å². The van der Waals surface area contributed by atoms with Gasteiger partial charge in [-0.1, -0.05) is 12.1 Å². The molecule has 0 fully saturated rings. The molecule has 0 aliphatic heterocycles. The first-order valence-electron chi connectivity index (χ1n) is 7.14. The third-order valence-corrected chi connectivity index (χ3v) is 4.11. The minimum atomic E-state index is 0.668. The lowest BCUT2D eigenvalue weighted by molar-refractivity contribution is 0.895. The molecular formula is C17H14N4. The molecule has 2 heterocycles. The van der Waals surface area contributed by atoms with Crippen LogP contribution in [0, 0.1) is 18.3 Å². The topological polar surface area (TPSA) is 54.0 Å². The summed E-state index contributed by atoms with van der Waals surface area (Å²) in [6.07, 6.45) is 5.46. The van der Waals surface area contributed by atoms with Crippen molar-refractivity contribution >= 4 is 5.65 Å². The summed E-state index contributed by atoms with van der Waals surface area (Å²) in [4.78, 5) is 4.83. The number of hydrogen-bond acceptors (Lipinski definition) is 3. The number of hydrogen-bond donors (Lipinski definition) is 0. The van der Waals surface area contributed by atoms with E-state index < -0.39 is 0 Å². The van der Waals surface area contributed by atoms with Crippen molar-refractivity contribution < 1.29 is 0 Å². The Labute approximate surface area is 122 Å². The van der Waals surface area contributed by atoms with Gasteiger partial charge in [-0.25, -0.2) is 9.50 Å². The van der Waals surface area contributed by atoms with Crippen LogP contribution in [0.4, 0.5) is 0 Å². The van der Waals surface area contributed by atoms with Crippen LogP contribution < -0.4 is 0 Å². The van der Waals surface area contributed by atoms with E-state index in [1.54, 1.807) is 0 Å². The SMILES string of the molecule is Cc1nn2cc3c(nc2c1-c1ccc(C#N)cc1)CCC3. The Balaban J connectivity index is 1.95. The van der Waals surface area contributed by atoms with Gasteiger partial charge in [-0.15, -0.1) is 0 Å². The van der Waals surface area contributed by atoms with E-state index in [1.165, 1.54) is 17.7 Å². The Hall–Kier alpha value is -2.67. The van der Waals surface area contributed by atoms with Gasteiger partial charge in [0.25, 0.3) is 0 Å². The Morgan fingerprint density at radius 1 is 1.19 bits per heavy atom. The molecule has 4 rings (SSSR count). The van der Waals surface area contributed by atoms with E-state index >= 15 is 0 Å². The monoisotopic (exact) mass is 274 g/mol. The highest BCUT2D eigenvalue weighted by Gasteiger charge is 2.18. The molecule has 0 amide bonds. The van der Waals surface area contributed by atoms with Crippen molar-refractivity contribution in [2.45, 2.75) is 26.2 Å². The van der Waals surface area contributed by atoms with Crippen LogP contribution in [0.1, 0.15) is 28.9 Å². The fraction of sp³-hybridized carbons (Fsp3) is 0.235. The summed E-state index contributed by atoms with van der Waals surface area (Å²) in [5.41, 5.74) is 7.20. The average Bonchev–Trinajstić information content (AvgIpc) is 3.07. The average molecular weight is 274 g/mol. The largest absolute Gasteiger partial charge is 0.233 e. The van der Waals surface area contributed by atoms with E-state index in [1.807, 2.05) is 35.7 Å². The standard InChI is InChI=1S/C17H14N4/c1-11-16(13-7-5-12(9-18)6-8-13)17-19-15-4-2-3-14(15)10-21(17)20-11/h5-8,10H,2-4H2,1H3. The third-order valence-electron chi connectivity index (χ3n) is 4.11. The van der Waals surface area contributed by atoms with Gasteiger partial charge in [0, 0.05) is 17.5 Å². The summed E-state index contributed by atoms with van der Waals surface area (Å²) in [6.45, 7) is 2.01. The van der Waals surface area contributed by atoms with Gasteiger partial charge in [-0.3, -0.25) is 0 Å².